The van der Waals surface area contributed by atoms with Crippen molar-refractivity contribution < 1.29 is 23.1 Å². The first-order valence-corrected chi connectivity index (χ1v) is 13.3. The zero-order valence-corrected chi connectivity index (χ0v) is 20.1. The number of nitrogens with zero attached hydrogens (tertiary/aromatic N) is 2. The highest BCUT2D eigenvalue weighted by Gasteiger charge is 2.42. The number of fused-ring (bicyclic) bond motifs is 1. The van der Waals surface area contributed by atoms with Crippen LogP contribution in [0.5, 0.6) is 0 Å². The number of halogens is 1. The van der Waals surface area contributed by atoms with Crippen molar-refractivity contribution in [2.75, 3.05) is 24.5 Å². The van der Waals surface area contributed by atoms with Crippen LogP contribution in [-0.4, -0.2) is 55.4 Å². The SMILES string of the molecule is O=C(O)CN([C@H]1CCN(c2ccc3c(c2)CCCNC3)C1=O)S(=O)(=O)C=Cc1ccc(Cl)s1. The minimum Gasteiger partial charge on any atom is -0.480 e. The van der Waals surface area contributed by atoms with Crippen molar-refractivity contribution in [1.82, 2.24) is 9.62 Å². The van der Waals surface area contributed by atoms with Crippen molar-refractivity contribution >= 4 is 56.6 Å². The third-order valence-electron chi connectivity index (χ3n) is 5.76. The number of anilines is 1. The van der Waals surface area contributed by atoms with Gasteiger partial charge in [0, 0.05) is 29.1 Å². The first-order chi connectivity index (χ1) is 15.7. The highest BCUT2D eigenvalue weighted by atomic mass is 35.5. The minimum atomic E-state index is -4.17. The number of aliphatic carboxylic acids is 1. The lowest BCUT2D eigenvalue weighted by Gasteiger charge is -2.25. The quantitative estimate of drug-likeness (QED) is 0.594. The van der Waals surface area contributed by atoms with Gasteiger partial charge in [-0.05, 0) is 67.3 Å². The molecule has 1 aromatic heterocycles. The molecule has 176 valence electrons. The lowest BCUT2D eigenvalue weighted by molar-refractivity contribution is -0.137. The van der Waals surface area contributed by atoms with Gasteiger partial charge >= 0.3 is 5.97 Å². The largest absolute Gasteiger partial charge is 0.480 e. The van der Waals surface area contributed by atoms with E-state index in [0.29, 0.717) is 21.4 Å². The van der Waals surface area contributed by atoms with Crippen LogP contribution < -0.4 is 10.2 Å². The van der Waals surface area contributed by atoms with Crippen LogP contribution in [0, 0.1) is 0 Å². The summed E-state index contributed by atoms with van der Waals surface area (Å²) in [5.41, 5.74) is 3.06. The lowest BCUT2D eigenvalue weighted by atomic mass is 10.0. The number of carbonyl (C=O) groups is 2. The van der Waals surface area contributed by atoms with Gasteiger partial charge in [-0.15, -0.1) is 11.3 Å². The Labute approximate surface area is 201 Å². The molecule has 0 radical (unpaired) electrons. The number of hydrogen-bond acceptors (Lipinski definition) is 6. The molecule has 4 rings (SSSR count). The molecular formula is C22H24ClN3O5S2. The molecule has 0 saturated carbocycles. The topological polar surface area (TPSA) is 107 Å². The van der Waals surface area contributed by atoms with Gasteiger partial charge in [0.05, 0.1) is 4.34 Å². The Morgan fingerprint density at radius 1 is 1.30 bits per heavy atom. The van der Waals surface area contributed by atoms with Crippen molar-refractivity contribution in [2.24, 2.45) is 0 Å². The molecule has 1 atom stereocenters. The van der Waals surface area contributed by atoms with E-state index in [-0.39, 0.29) is 6.42 Å². The monoisotopic (exact) mass is 509 g/mol. The second kappa shape index (κ2) is 9.94. The summed E-state index contributed by atoms with van der Waals surface area (Å²) in [4.78, 5) is 26.9. The number of sulfonamides is 1. The second-order valence-corrected chi connectivity index (χ2v) is 11.5. The summed E-state index contributed by atoms with van der Waals surface area (Å²) in [6.07, 6.45) is 3.47. The summed E-state index contributed by atoms with van der Waals surface area (Å²) in [7, 11) is -4.17. The van der Waals surface area contributed by atoms with Crippen molar-refractivity contribution in [2.45, 2.75) is 31.8 Å². The Morgan fingerprint density at radius 3 is 2.85 bits per heavy atom. The maximum absolute atomic E-state index is 13.3. The maximum Gasteiger partial charge on any atom is 0.318 e. The summed E-state index contributed by atoms with van der Waals surface area (Å²) in [5, 5.41) is 13.6. The van der Waals surface area contributed by atoms with Crippen molar-refractivity contribution in [1.29, 1.82) is 0 Å². The number of aryl methyl sites for hydroxylation is 1. The van der Waals surface area contributed by atoms with Crippen LogP contribution in [0.4, 0.5) is 5.69 Å². The predicted octanol–water partition coefficient (Wildman–Crippen LogP) is 2.93. The number of amides is 1. The number of carbonyl (C=O) groups excluding carboxylic acids is 1. The number of thiophene rings is 1. The number of benzene rings is 1. The van der Waals surface area contributed by atoms with Gasteiger partial charge < -0.3 is 15.3 Å². The van der Waals surface area contributed by atoms with Crippen LogP contribution in [0.2, 0.25) is 4.34 Å². The fraction of sp³-hybridized carbons (Fsp3) is 0.364. The van der Waals surface area contributed by atoms with Crippen molar-refractivity contribution in [3.63, 3.8) is 0 Å². The number of rotatable bonds is 7. The molecule has 1 saturated heterocycles. The Kier molecular flexibility index (Phi) is 7.20. The smallest absolute Gasteiger partial charge is 0.318 e. The molecule has 11 heteroatoms. The molecule has 2 aliphatic rings. The summed E-state index contributed by atoms with van der Waals surface area (Å²) in [5.74, 6) is -1.74. The molecule has 0 aliphatic carbocycles. The average Bonchev–Trinajstić information content (AvgIpc) is 3.27. The van der Waals surface area contributed by atoms with Crippen LogP contribution in [-0.2, 0) is 32.6 Å². The number of hydrogen-bond donors (Lipinski definition) is 2. The first kappa shape index (κ1) is 23.9. The number of nitrogens with one attached hydrogen (secondary N) is 1. The van der Waals surface area contributed by atoms with Gasteiger partial charge in [-0.3, -0.25) is 9.59 Å². The second-order valence-electron chi connectivity index (χ2n) is 7.96. The van der Waals surface area contributed by atoms with E-state index < -0.39 is 34.5 Å². The van der Waals surface area contributed by atoms with E-state index in [1.165, 1.54) is 28.5 Å². The maximum atomic E-state index is 13.3. The molecule has 1 aromatic carbocycles. The fourth-order valence-corrected chi connectivity index (χ4v) is 6.53. The Bertz CT molecular complexity index is 1190. The van der Waals surface area contributed by atoms with E-state index in [9.17, 15) is 23.1 Å². The van der Waals surface area contributed by atoms with Crippen LogP contribution in [0.25, 0.3) is 6.08 Å². The summed E-state index contributed by atoms with van der Waals surface area (Å²) in [6, 6.07) is 8.06. The molecule has 0 unspecified atom stereocenters. The van der Waals surface area contributed by atoms with E-state index in [2.05, 4.69) is 5.32 Å². The molecular weight excluding hydrogens is 486 g/mol. The van der Waals surface area contributed by atoms with Gasteiger partial charge in [0.2, 0.25) is 15.9 Å². The zero-order chi connectivity index (χ0) is 23.6. The molecule has 0 bridgehead atoms. The molecule has 33 heavy (non-hydrogen) atoms. The first-order valence-electron chi connectivity index (χ1n) is 10.6. The molecule has 2 aliphatic heterocycles. The van der Waals surface area contributed by atoms with Crippen molar-refractivity contribution in [3.05, 3.63) is 56.1 Å². The van der Waals surface area contributed by atoms with Gasteiger partial charge in [-0.2, -0.15) is 4.31 Å². The van der Waals surface area contributed by atoms with Gasteiger partial charge in [-0.25, -0.2) is 8.42 Å². The highest BCUT2D eigenvalue weighted by molar-refractivity contribution is 7.92. The minimum absolute atomic E-state index is 0.211. The standard InChI is InChI=1S/C22H24ClN3O5S2/c23-20-6-5-18(32-20)8-11-33(30,31)26(14-21(27)28)19-7-10-25(22(19)29)17-4-3-16-13-24-9-1-2-15(16)12-17/h3-6,8,11-12,19,24H,1-2,7,9-10,13-14H2,(H,27,28)/t19-/m0/s1. The van der Waals surface area contributed by atoms with E-state index in [1.807, 2.05) is 18.2 Å². The Hall–Kier alpha value is -2.24. The lowest BCUT2D eigenvalue weighted by Crippen LogP contribution is -2.46. The van der Waals surface area contributed by atoms with Crippen LogP contribution in [0.1, 0.15) is 28.8 Å². The average molecular weight is 510 g/mol. The van der Waals surface area contributed by atoms with E-state index >= 15 is 0 Å². The third kappa shape index (κ3) is 5.47. The summed E-state index contributed by atoms with van der Waals surface area (Å²) < 4.78 is 27.3. The van der Waals surface area contributed by atoms with E-state index in [4.69, 9.17) is 11.6 Å². The van der Waals surface area contributed by atoms with Crippen LogP contribution in [0.15, 0.2) is 35.7 Å². The zero-order valence-electron chi connectivity index (χ0n) is 17.7. The molecule has 3 heterocycles. The number of carboxylic acid groups (broad SMARTS) is 1. The summed E-state index contributed by atoms with van der Waals surface area (Å²) >= 11 is 7.08. The predicted molar refractivity (Wildman–Crippen MR) is 129 cm³/mol. The van der Waals surface area contributed by atoms with Crippen LogP contribution in [0.3, 0.4) is 0 Å². The molecule has 8 nitrogen and oxygen atoms in total. The van der Waals surface area contributed by atoms with Crippen molar-refractivity contribution in [3.8, 4) is 0 Å². The molecule has 2 aromatic rings. The fourth-order valence-electron chi connectivity index (χ4n) is 4.16. The van der Waals surface area contributed by atoms with Gasteiger partial charge in [0.15, 0.2) is 0 Å². The number of carboxylic acids is 1. The molecule has 2 N–H and O–H groups in total. The molecule has 1 fully saturated rings. The van der Waals surface area contributed by atoms with Gasteiger partial charge in [0.25, 0.3) is 0 Å². The van der Waals surface area contributed by atoms with Crippen LogP contribution >= 0.6 is 22.9 Å². The summed E-state index contributed by atoms with van der Waals surface area (Å²) in [6.45, 7) is 1.23. The Morgan fingerprint density at radius 2 is 2.12 bits per heavy atom. The van der Waals surface area contributed by atoms with E-state index in [0.717, 1.165) is 35.6 Å². The van der Waals surface area contributed by atoms with Gasteiger partial charge in [-0.1, -0.05) is 17.7 Å². The Balaban J connectivity index is 1.58. The van der Waals surface area contributed by atoms with Gasteiger partial charge in [0.1, 0.15) is 12.6 Å². The normalized spacial score (nSPS) is 19.3. The molecule has 0 spiro atoms. The highest BCUT2D eigenvalue weighted by Crippen LogP contribution is 2.29. The third-order valence-corrected chi connectivity index (χ3v) is 8.47. The van der Waals surface area contributed by atoms with E-state index in [1.54, 1.807) is 17.0 Å². The molecule has 1 amide bonds.